The van der Waals surface area contributed by atoms with E-state index in [9.17, 15) is 13.2 Å². The van der Waals surface area contributed by atoms with Crippen molar-refractivity contribution in [3.05, 3.63) is 27.7 Å². The minimum atomic E-state index is -4.03. The molecule has 0 radical (unpaired) electrons. The van der Waals surface area contributed by atoms with Crippen molar-refractivity contribution in [2.75, 3.05) is 20.3 Å². The van der Waals surface area contributed by atoms with Crippen molar-refractivity contribution in [3.8, 4) is 0 Å². The Morgan fingerprint density at radius 3 is 2.45 bits per heavy atom. The average molecular weight is 362 g/mol. The van der Waals surface area contributed by atoms with Gasteiger partial charge >= 0.3 is 5.97 Å². The highest BCUT2D eigenvalue weighted by atomic mass is 35.7. The van der Waals surface area contributed by atoms with Gasteiger partial charge in [0.25, 0.3) is 9.05 Å². The van der Waals surface area contributed by atoms with Crippen LogP contribution in [0.2, 0.25) is 10.0 Å². The van der Waals surface area contributed by atoms with Crippen molar-refractivity contribution in [3.63, 3.8) is 0 Å². The van der Waals surface area contributed by atoms with Crippen LogP contribution < -0.4 is 0 Å². The molecule has 0 spiro atoms. The summed E-state index contributed by atoms with van der Waals surface area (Å²) in [5, 5.41) is -0.190. The van der Waals surface area contributed by atoms with Crippen molar-refractivity contribution >= 4 is 48.9 Å². The van der Waals surface area contributed by atoms with Gasteiger partial charge in [0.15, 0.2) is 0 Å². The van der Waals surface area contributed by atoms with Gasteiger partial charge in [-0.25, -0.2) is 13.2 Å². The van der Waals surface area contributed by atoms with E-state index >= 15 is 0 Å². The summed E-state index contributed by atoms with van der Waals surface area (Å²) in [6, 6.07) is 2.09. The molecule has 0 aliphatic rings. The second kappa shape index (κ2) is 7.47. The molecule has 0 aliphatic heterocycles. The normalized spacial score (nSPS) is 11.4. The zero-order valence-corrected chi connectivity index (χ0v) is 13.4. The lowest BCUT2D eigenvalue weighted by atomic mass is 10.2. The second-order valence-electron chi connectivity index (χ2n) is 3.69. The van der Waals surface area contributed by atoms with Crippen LogP contribution in [0.3, 0.4) is 0 Å². The van der Waals surface area contributed by atoms with Gasteiger partial charge in [0.1, 0.15) is 0 Å². The van der Waals surface area contributed by atoms with E-state index in [4.69, 9.17) is 43.4 Å². The summed E-state index contributed by atoms with van der Waals surface area (Å²) in [5.41, 5.74) is -0.157. The molecular formula is C11H11Cl3O5S. The molecule has 0 saturated carbocycles. The molecule has 5 nitrogen and oxygen atoms in total. The molecule has 0 heterocycles. The first-order valence-electron chi connectivity index (χ1n) is 5.37. The third-order valence-corrected chi connectivity index (χ3v) is 4.36. The number of esters is 1. The average Bonchev–Trinajstić information content (AvgIpc) is 2.36. The zero-order chi connectivity index (χ0) is 15.3. The van der Waals surface area contributed by atoms with Gasteiger partial charge in [-0.05, 0) is 12.1 Å². The van der Waals surface area contributed by atoms with E-state index in [1.807, 2.05) is 0 Å². The lowest BCUT2D eigenvalue weighted by molar-refractivity contribution is 0.0468. The molecule has 0 atom stereocenters. The summed E-state index contributed by atoms with van der Waals surface area (Å²) >= 11 is 11.6. The van der Waals surface area contributed by atoms with E-state index < -0.39 is 15.0 Å². The van der Waals surface area contributed by atoms with E-state index in [-0.39, 0.29) is 27.1 Å². The van der Waals surface area contributed by atoms with Gasteiger partial charge in [-0.2, -0.15) is 0 Å². The number of benzene rings is 1. The van der Waals surface area contributed by atoms with Crippen LogP contribution in [0.5, 0.6) is 0 Å². The fourth-order valence-corrected chi connectivity index (χ4v) is 2.55. The highest BCUT2D eigenvalue weighted by molar-refractivity contribution is 8.13. The Morgan fingerprint density at radius 1 is 1.25 bits per heavy atom. The Balaban J connectivity index is 2.99. The van der Waals surface area contributed by atoms with Crippen molar-refractivity contribution in [2.24, 2.45) is 0 Å². The molecule has 0 unspecified atom stereocenters. The summed E-state index contributed by atoms with van der Waals surface area (Å²) in [6.45, 7) is 0.538. The van der Waals surface area contributed by atoms with Crippen LogP contribution in [0, 0.1) is 0 Å². The summed E-state index contributed by atoms with van der Waals surface area (Å²) in [4.78, 5) is 11.5. The zero-order valence-electron chi connectivity index (χ0n) is 10.4. The lowest BCUT2D eigenvalue weighted by Crippen LogP contribution is -2.09. The molecule has 112 valence electrons. The summed E-state index contributed by atoms with van der Waals surface area (Å²) < 4.78 is 32.3. The van der Waals surface area contributed by atoms with Gasteiger partial charge in [0, 0.05) is 30.8 Å². The van der Waals surface area contributed by atoms with E-state index in [1.54, 1.807) is 0 Å². The molecule has 0 amide bonds. The third-order valence-electron chi connectivity index (χ3n) is 2.23. The molecule has 1 rings (SSSR count). The number of carbonyl (C=O) groups excluding carboxylic acids is 1. The third kappa shape index (κ3) is 4.79. The SMILES string of the molecule is COCCCOC(=O)c1cc(S(=O)(=O)Cl)cc(Cl)c1Cl. The quantitative estimate of drug-likeness (QED) is 0.442. The summed E-state index contributed by atoms with van der Waals surface area (Å²) in [7, 11) is 2.70. The predicted octanol–water partition coefficient (Wildman–Crippen LogP) is 3.11. The number of rotatable bonds is 6. The van der Waals surface area contributed by atoms with Gasteiger partial charge in [0.05, 0.1) is 27.1 Å². The number of methoxy groups -OCH3 is 1. The van der Waals surface area contributed by atoms with Crippen LogP contribution in [0.4, 0.5) is 0 Å². The second-order valence-corrected chi connectivity index (χ2v) is 7.04. The number of halogens is 3. The van der Waals surface area contributed by atoms with Crippen LogP contribution in [0.15, 0.2) is 17.0 Å². The molecule has 0 N–H and O–H groups in total. The first kappa shape index (κ1) is 17.5. The molecule has 0 aliphatic carbocycles. The maximum Gasteiger partial charge on any atom is 0.339 e. The van der Waals surface area contributed by atoms with E-state index in [0.29, 0.717) is 13.0 Å². The Hall–Kier alpha value is -0.530. The van der Waals surface area contributed by atoms with Crippen LogP contribution in [0.25, 0.3) is 0 Å². The largest absolute Gasteiger partial charge is 0.462 e. The molecule has 0 bridgehead atoms. The number of ether oxygens (including phenoxy) is 2. The highest BCUT2D eigenvalue weighted by Crippen LogP contribution is 2.31. The monoisotopic (exact) mass is 360 g/mol. The van der Waals surface area contributed by atoms with E-state index in [2.05, 4.69) is 0 Å². The number of carbonyl (C=O) groups is 1. The van der Waals surface area contributed by atoms with Gasteiger partial charge in [0.2, 0.25) is 0 Å². The molecule has 20 heavy (non-hydrogen) atoms. The van der Waals surface area contributed by atoms with Crippen molar-refractivity contribution in [1.29, 1.82) is 0 Å². The molecule has 0 aromatic heterocycles. The molecule has 0 saturated heterocycles. The fourth-order valence-electron chi connectivity index (χ4n) is 1.30. The molecule has 1 aromatic carbocycles. The number of hydrogen-bond acceptors (Lipinski definition) is 5. The smallest absolute Gasteiger partial charge is 0.339 e. The number of hydrogen-bond donors (Lipinski definition) is 0. The maximum atomic E-state index is 11.8. The van der Waals surface area contributed by atoms with Crippen LogP contribution >= 0.6 is 33.9 Å². The Kier molecular flexibility index (Phi) is 6.54. The minimum absolute atomic E-state index is 0.0903. The van der Waals surface area contributed by atoms with Gasteiger partial charge in [-0.3, -0.25) is 0 Å². The van der Waals surface area contributed by atoms with Crippen molar-refractivity contribution < 1.29 is 22.7 Å². The van der Waals surface area contributed by atoms with Crippen molar-refractivity contribution in [2.45, 2.75) is 11.3 Å². The van der Waals surface area contributed by atoms with Crippen LogP contribution in [0.1, 0.15) is 16.8 Å². The predicted molar refractivity (Wildman–Crippen MR) is 76.3 cm³/mol. The Bertz CT molecular complexity index is 600. The van der Waals surface area contributed by atoms with Crippen LogP contribution in [-0.2, 0) is 18.5 Å². The fraction of sp³-hybridized carbons (Fsp3) is 0.364. The first-order valence-corrected chi connectivity index (χ1v) is 8.43. The van der Waals surface area contributed by atoms with Crippen LogP contribution in [-0.4, -0.2) is 34.7 Å². The summed E-state index contributed by atoms with van der Waals surface area (Å²) in [5.74, 6) is -0.782. The molecule has 1 aromatic rings. The van der Waals surface area contributed by atoms with Gasteiger partial charge in [-0.1, -0.05) is 23.2 Å². The first-order chi connectivity index (χ1) is 9.27. The van der Waals surface area contributed by atoms with Gasteiger partial charge in [-0.15, -0.1) is 0 Å². The Labute approximate surface area is 131 Å². The Morgan fingerprint density at radius 2 is 1.90 bits per heavy atom. The lowest BCUT2D eigenvalue weighted by Gasteiger charge is -2.08. The maximum absolute atomic E-state index is 11.8. The molecular weight excluding hydrogens is 351 g/mol. The highest BCUT2D eigenvalue weighted by Gasteiger charge is 2.20. The minimum Gasteiger partial charge on any atom is -0.462 e. The van der Waals surface area contributed by atoms with Gasteiger partial charge < -0.3 is 9.47 Å². The van der Waals surface area contributed by atoms with E-state index in [0.717, 1.165) is 12.1 Å². The van der Waals surface area contributed by atoms with E-state index in [1.165, 1.54) is 7.11 Å². The van der Waals surface area contributed by atoms with Crippen molar-refractivity contribution in [1.82, 2.24) is 0 Å². The molecule has 9 heteroatoms. The topological polar surface area (TPSA) is 69.7 Å². The standard InChI is InChI=1S/C11H11Cl3O5S/c1-18-3-2-4-19-11(15)8-5-7(20(14,16)17)6-9(12)10(8)13/h5-6H,2-4H2,1H3. The molecule has 0 fully saturated rings. The summed E-state index contributed by atoms with van der Waals surface area (Å²) in [6.07, 6.45) is 0.501.